The predicted molar refractivity (Wildman–Crippen MR) is 129 cm³/mol. The number of hydrogen-bond acceptors (Lipinski definition) is 5. The molecule has 3 N–H and O–H groups in total. The smallest absolute Gasteiger partial charge is 0.255 e. The summed E-state index contributed by atoms with van der Waals surface area (Å²) < 4.78 is 7.65. The lowest BCUT2D eigenvalue weighted by Crippen LogP contribution is -2.30. The third-order valence-corrected chi connectivity index (χ3v) is 5.71. The van der Waals surface area contributed by atoms with Gasteiger partial charge in [-0.1, -0.05) is 36.4 Å². The van der Waals surface area contributed by atoms with E-state index in [1.165, 1.54) is 0 Å². The Morgan fingerprint density at radius 3 is 2.67 bits per heavy atom. The fourth-order valence-electron chi connectivity index (χ4n) is 4.27. The molecule has 0 saturated carbocycles. The number of carbonyl (C=O) groups excluding carboxylic acids is 1. The molecule has 0 bridgehead atoms. The molecular formula is C26H24N4O3. The second kappa shape index (κ2) is 8.35. The number of hydrogen-bond donors (Lipinski definition) is 3. The van der Waals surface area contributed by atoms with Crippen molar-refractivity contribution < 1.29 is 14.6 Å². The van der Waals surface area contributed by atoms with Crippen LogP contribution in [0, 0.1) is 0 Å². The maximum Gasteiger partial charge on any atom is 0.255 e. The van der Waals surface area contributed by atoms with Crippen molar-refractivity contribution >= 4 is 28.6 Å². The van der Waals surface area contributed by atoms with E-state index in [0.29, 0.717) is 35.3 Å². The summed E-state index contributed by atoms with van der Waals surface area (Å²) in [5.41, 5.74) is 4.51. The summed E-state index contributed by atoms with van der Waals surface area (Å²) in [7, 11) is 0. The van der Waals surface area contributed by atoms with E-state index in [0.717, 1.165) is 16.6 Å². The quantitative estimate of drug-likeness (QED) is 0.403. The van der Waals surface area contributed by atoms with Gasteiger partial charge in [-0.15, -0.1) is 0 Å². The first-order chi connectivity index (χ1) is 16.1. The third-order valence-electron chi connectivity index (χ3n) is 5.71. The van der Waals surface area contributed by atoms with Gasteiger partial charge in [-0.2, -0.15) is 0 Å². The normalized spacial score (nSPS) is 15.2. The van der Waals surface area contributed by atoms with Gasteiger partial charge in [0.15, 0.2) is 11.5 Å². The van der Waals surface area contributed by atoms with E-state index in [9.17, 15) is 9.90 Å². The third kappa shape index (κ3) is 3.67. The summed E-state index contributed by atoms with van der Waals surface area (Å²) in [6.45, 7) is 4.15. The number of imidazole rings is 1. The number of amides is 1. The first-order valence-electron chi connectivity index (χ1n) is 10.8. The topological polar surface area (TPSA) is 88.4 Å². The van der Waals surface area contributed by atoms with Gasteiger partial charge >= 0.3 is 0 Å². The van der Waals surface area contributed by atoms with Crippen molar-refractivity contribution in [2.75, 3.05) is 17.2 Å². The molecule has 1 aliphatic heterocycles. The number of anilines is 2. The minimum absolute atomic E-state index is 0.0567. The number of carbonyl (C=O) groups is 1. The zero-order valence-corrected chi connectivity index (χ0v) is 18.4. The number of nitrogens with zero attached hydrogens (tertiary/aromatic N) is 2. The lowest BCUT2D eigenvalue weighted by atomic mass is 9.94. The maximum absolute atomic E-state index is 13.6. The van der Waals surface area contributed by atoms with Gasteiger partial charge in [0.25, 0.3) is 5.91 Å². The molecule has 0 spiro atoms. The van der Waals surface area contributed by atoms with Crippen LogP contribution in [-0.4, -0.2) is 27.2 Å². The van der Waals surface area contributed by atoms with E-state index in [1.807, 2.05) is 79.1 Å². The number of allylic oxidation sites excluding steroid dienone is 1. The van der Waals surface area contributed by atoms with Gasteiger partial charge in [0.05, 0.1) is 29.3 Å². The fraction of sp³-hybridized carbons (Fsp3) is 0.154. The van der Waals surface area contributed by atoms with Gasteiger partial charge in [0, 0.05) is 11.4 Å². The van der Waals surface area contributed by atoms with E-state index in [4.69, 9.17) is 9.72 Å². The molecule has 0 fully saturated rings. The van der Waals surface area contributed by atoms with Gasteiger partial charge < -0.3 is 20.5 Å². The Morgan fingerprint density at radius 1 is 1.12 bits per heavy atom. The highest BCUT2D eigenvalue weighted by atomic mass is 16.5. The van der Waals surface area contributed by atoms with Gasteiger partial charge in [0.2, 0.25) is 5.95 Å². The molecule has 33 heavy (non-hydrogen) atoms. The number of phenolic OH excluding ortho intramolecular Hbond substituents is 1. The highest BCUT2D eigenvalue weighted by Crippen LogP contribution is 2.41. The number of ether oxygens (including phenoxy) is 1. The summed E-state index contributed by atoms with van der Waals surface area (Å²) in [6, 6.07) is 21.9. The number of aromatic hydroxyl groups is 1. The van der Waals surface area contributed by atoms with Crippen molar-refractivity contribution in [2.24, 2.45) is 0 Å². The number of aromatic nitrogens is 2. The Morgan fingerprint density at radius 2 is 1.88 bits per heavy atom. The zero-order valence-electron chi connectivity index (χ0n) is 18.4. The molecule has 0 aliphatic carbocycles. The van der Waals surface area contributed by atoms with E-state index < -0.39 is 6.04 Å². The molecule has 1 atom stereocenters. The minimum atomic E-state index is -0.475. The molecule has 0 saturated heterocycles. The Balaban J connectivity index is 1.69. The van der Waals surface area contributed by atoms with Crippen molar-refractivity contribution in [2.45, 2.75) is 19.9 Å². The number of nitrogens with one attached hydrogen (secondary N) is 2. The molecule has 0 radical (unpaired) electrons. The SMILES string of the molecule is CCOc1cc([C@H]2C(C(=O)Nc3ccccc3)=C(C)Nc3nc4ccccc4n32)ccc1O. The van der Waals surface area contributed by atoms with Crippen LogP contribution in [0.4, 0.5) is 11.6 Å². The number of phenols is 1. The molecule has 2 heterocycles. The first-order valence-corrected chi connectivity index (χ1v) is 10.8. The molecule has 1 aliphatic rings. The van der Waals surface area contributed by atoms with Crippen LogP contribution in [0.1, 0.15) is 25.5 Å². The van der Waals surface area contributed by atoms with Crippen LogP contribution in [-0.2, 0) is 4.79 Å². The molecule has 4 aromatic rings. The van der Waals surface area contributed by atoms with Crippen molar-refractivity contribution in [3.63, 3.8) is 0 Å². The summed E-state index contributed by atoms with van der Waals surface area (Å²) >= 11 is 0. The van der Waals surface area contributed by atoms with Gasteiger partial charge in [-0.3, -0.25) is 9.36 Å². The van der Waals surface area contributed by atoms with Gasteiger partial charge in [-0.05, 0) is 55.8 Å². The molecule has 0 unspecified atom stereocenters. The lowest BCUT2D eigenvalue weighted by molar-refractivity contribution is -0.113. The Bertz CT molecular complexity index is 1380. The molecule has 1 aromatic heterocycles. The van der Waals surface area contributed by atoms with Crippen LogP contribution < -0.4 is 15.4 Å². The lowest BCUT2D eigenvalue weighted by Gasteiger charge is -2.31. The second-order valence-electron chi connectivity index (χ2n) is 7.84. The maximum atomic E-state index is 13.6. The van der Waals surface area contributed by atoms with E-state index >= 15 is 0 Å². The summed E-state index contributed by atoms with van der Waals surface area (Å²) in [5.74, 6) is 0.868. The molecule has 1 amide bonds. The summed E-state index contributed by atoms with van der Waals surface area (Å²) in [6.07, 6.45) is 0. The Hall–Kier alpha value is -4.26. The number of benzene rings is 3. The largest absolute Gasteiger partial charge is 0.504 e. The van der Waals surface area contributed by atoms with E-state index in [1.54, 1.807) is 12.1 Å². The average molecular weight is 441 g/mol. The van der Waals surface area contributed by atoms with Gasteiger partial charge in [0.1, 0.15) is 0 Å². The fourth-order valence-corrected chi connectivity index (χ4v) is 4.27. The van der Waals surface area contributed by atoms with E-state index in [-0.39, 0.29) is 11.7 Å². The predicted octanol–water partition coefficient (Wildman–Crippen LogP) is 5.07. The van der Waals surface area contributed by atoms with Crippen LogP contribution in [0.3, 0.4) is 0 Å². The molecule has 7 heteroatoms. The highest BCUT2D eigenvalue weighted by molar-refractivity contribution is 6.06. The van der Waals surface area contributed by atoms with Gasteiger partial charge in [-0.25, -0.2) is 4.98 Å². The molecular weight excluding hydrogens is 416 g/mol. The van der Waals surface area contributed by atoms with Crippen LogP contribution in [0.15, 0.2) is 84.1 Å². The Labute approximate surface area is 191 Å². The number of para-hydroxylation sites is 3. The van der Waals surface area contributed by atoms with Crippen molar-refractivity contribution in [1.29, 1.82) is 0 Å². The number of fused-ring (bicyclic) bond motifs is 3. The average Bonchev–Trinajstić information content (AvgIpc) is 3.18. The zero-order chi connectivity index (χ0) is 22.9. The summed E-state index contributed by atoms with van der Waals surface area (Å²) in [5, 5.41) is 16.6. The second-order valence-corrected chi connectivity index (χ2v) is 7.84. The number of rotatable bonds is 5. The Kier molecular flexibility index (Phi) is 5.22. The molecule has 7 nitrogen and oxygen atoms in total. The van der Waals surface area contributed by atoms with Crippen LogP contribution in [0.2, 0.25) is 0 Å². The first kappa shape index (κ1) is 20.6. The van der Waals surface area contributed by atoms with Crippen molar-refractivity contribution in [3.05, 3.63) is 89.6 Å². The van der Waals surface area contributed by atoms with E-state index in [2.05, 4.69) is 10.6 Å². The van der Waals surface area contributed by atoms with Crippen LogP contribution in [0.25, 0.3) is 11.0 Å². The molecule has 5 rings (SSSR count). The standard InChI is InChI=1S/C26H24N4O3/c1-3-33-22-15-17(13-14-21(22)31)24-23(25(32)28-18-9-5-4-6-10-18)16(2)27-26-29-19-11-7-8-12-20(19)30(24)26/h4-15,24,31H,3H2,1-2H3,(H,27,29)(H,28,32)/t24-/m0/s1. The monoisotopic (exact) mass is 440 g/mol. The van der Waals surface area contributed by atoms with Crippen LogP contribution in [0.5, 0.6) is 11.5 Å². The highest BCUT2D eigenvalue weighted by Gasteiger charge is 2.34. The van der Waals surface area contributed by atoms with Crippen molar-refractivity contribution in [3.8, 4) is 11.5 Å². The molecule has 3 aromatic carbocycles. The van der Waals surface area contributed by atoms with Crippen molar-refractivity contribution in [1.82, 2.24) is 9.55 Å². The van der Waals surface area contributed by atoms with Crippen LogP contribution >= 0.6 is 0 Å². The molecule has 166 valence electrons. The minimum Gasteiger partial charge on any atom is -0.504 e. The summed E-state index contributed by atoms with van der Waals surface area (Å²) in [4.78, 5) is 18.3.